The van der Waals surface area contributed by atoms with Crippen molar-refractivity contribution in [2.75, 3.05) is 11.4 Å². The smallest absolute Gasteiger partial charge is 0.101 e. The highest BCUT2D eigenvalue weighted by atomic mass is 35.5. The van der Waals surface area contributed by atoms with Gasteiger partial charge < -0.3 is 10.6 Å². The van der Waals surface area contributed by atoms with Crippen molar-refractivity contribution in [1.29, 1.82) is 5.26 Å². The molecule has 1 aromatic rings. The van der Waals surface area contributed by atoms with E-state index in [1.165, 1.54) is 0 Å². The molecule has 1 aliphatic rings. The summed E-state index contributed by atoms with van der Waals surface area (Å²) in [5.41, 5.74) is 7.53. The second kappa shape index (κ2) is 4.32. The van der Waals surface area contributed by atoms with Gasteiger partial charge in [0.05, 0.1) is 10.6 Å². The fourth-order valence-corrected chi connectivity index (χ4v) is 2.32. The number of nitriles is 1. The van der Waals surface area contributed by atoms with Crippen molar-refractivity contribution in [3.8, 4) is 6.07 Å². The van der Waals surface area contributed by atoms with Gasteiger partial charge in [0.15, 0.2) is 0 Å². The Morgan fingerprint density at radius 3 is 2.81 bits per heavy atom. The van der Waals surface area contributed by atoms with E-state index in [0.29, 0.717) is 16.6 Å². The first kappa shape index (κ1) is 11.3. The van der Waals surface area contributed by atoms with Crippen LogP contribution in [-0.4, -0.2) is 18.6 Å². The first-order valence-corrected chi connectivity index (χ1v) is 5.73. The summed E-state index contributed by atoms with van der Waals surface area (Å²) >= 11 is 6.01. The Balaban J connectivity index is 2.29. The molecule has 16 heavy (non-hydrogen) atoms. The third kappa shape index (κ3) is 1.87. The summed E-state index contributed by atoms with van der Waals surface area (Å²) in [6.07, 6.45) is 0.999. The minimum Gasteiger partial charge on any atom is -0.367 e. The lowest BCUT2D eigenvalue weighted by molar-refractivity contribution is 0.624. The van der Waals surface area contributed by atoms with Crippen LogP contribution in [0.15, 0.2) is 18.2 Å². The number of nitrogens with zero attached hydrogens (tertiary/aromatic N) is 2. The van der Waals surface area contributed by atoms with Gasteiger partial charge in [0.1, 0.15) is 6.07 Å². The molecule has 0 saturated carbocycles. The summed E-state index contributed by atoms with van der Waals surface area (Å²) < 4.78 is 0. The second-order valence-electron chi connectivity index (χ2n) is 4.16. The number of benzene rings is 1. The molecule has 0 spiro atoms. The van der Waals surface area contributed by atoms with Crippen LogP contribution in [0.25, 0.3) is 0 Å². The van der Waals surface area contributed by atoms with Gasteiger partial charge in [-0.3, -0.25) is 0 Å². The van der Waals surface area contributed by atoms with Crippen molar-refractivity contribution in [2.45, 2.75) is 25.4 Å². The molecule has 1 saturated heterocycles. The lowest BCUT2D eigenvalue weighted by atomic mass is 10.1. The van der Waals surface area contributed by atoms with Gasteiger partial charge in [0, 0.05) is 24.3 Å². The van der Waals surface area contributed by atoms with Gasteiger partial charge in [-0.1, -0.05) is 11.6 Å². The van der Waals surface area contributed by atoms with Crippen LogP contribution in [0.1, 0.15) is 18.9 Å². The molecule has 1 aromatic carbocycles. The number of hydrogen-bond donors (Lipinski definition) is 1. The molecule has 0 amide bonds. The fourth-order valence-electron chi connectivity index (χ4n) is 2.10. The lowest BCUT2D eigenvalue weighted by Crippen LogP contribution is -2.36. The number of hydrogen-bond acceptors (Lipinski definition) is 3. The summed E-state index contributed by atoms with van der Waals surface area (Å²) in [6.45, 7) is 3.06. The van der Waals surface area contributed by atoms with E-state index >= 15 is 0 Å². The molecule has 4 heteroatoms. The zero-order valence-corrected chi connectivity index (χ0v) is 9.91. The molecule has 0 aliphatic carbocycles. The number of halogens is 1. The van der Waals surface area contributed by atoms with Crippen molar-refractivity contribution in [3.63, 3.8) is 0 Å². The molecule has 1 heterocycles. The highest BCUT2D eigenvalue weighted by molar-refractivity contribution is 6.32. The van der Waals surface area contributed by atoms with Crippen molar-refractivity contribution >= 4 is 17.3 Å². The standard InChI is InChI=1S/C12H14ClN3/c1-8-12(15)4-5-16(8)10-3-2-9(7-14)11(13)6-10/h2-3,6,8,12H,4-5,15H2,1H3/t8-,12+/m0/s1. The zero-order chi connectivity index (χ0) is 11.7. The number of rotatable bonds is 1. The van der Waals surface area contributed by atoms with Crippen LogP contribution in [-0.2, 0) is 0 Å². The van der Waals surface area contributed by atoms with E-state index in [1.54, 1.807) is 6.07 Å². The first-order valence-electron chi connectivity index (χ1n) is 5.35. The first-order chi connectivity index (χ1) is 7.63. The Bertz CT molecular complexity index is 438. The van der Waals surface area contributed by atoms with E-state index in [-0.39, 0.29) is 6.04 Å². The van der Waals surface area contributed by atoms with Crippen molar-refractivity contribution in [1.82, 2.24) is 0 Å². The molecule has 1 aliphatic heterocycles. The van der Waals surface area contributed by atoms with Gasteiger partial charge in [-0.05, 0) is 31.5 Å². The Morgan fingerprint density at radius 1 is 1.56 bits per heavy atom. The Hall–Kier alpha value is -1.24. The van der Waals surface area contributed by atoms with Crippen molar-refractivity contribution in [2.24, 2.45) is 5.73 Å². The summed E-state index contributed by atoms with van der Waals surface area (Å²) in [6, 6.07) is 8.13. The van der Waals surface area contributed by atoms with Crippen LogP contribution < -0.4 is 10.6 Å². The quantitative estimate of drug-likeness (QED) is 0.812. The topological polar surface area (TPSA) is 53.0 Å². The predicted molar refractivity (Wildman–Crippen MR) is 65.6 cm³/mol. The maximum absolute atomic E-state index is 8.80. The van der Waals surface area contributed by atoms with E-state index in [2.05, 4.69) is 17.9 Å². The van der Waals surface area contributed by atoms with Gasteiger partial charge in [-0.15, -0.1) is 0 Å². The third-order valence-corrected chi connectivity index (χ3v) is 3.53. The summed E-state index contributed by atoms with van der Waals surface area (Å²) in [4.78, 5) is 2.23. The van der Waals surface area contributed by atoms with Crippen molar-refractivity contribution in [3.05, 3.63) is 28.8 Å². The monoisotopic (exact) mass is 235 g/mol. The van der Waals surface area contributed by atoms with Crippen LogP contribution in [0, 0.1) is 11.3 Å². The van der Waals surface area contributed by atoms with Gasteiger partial charge in [-0.25, -0.2) is 0 Å². The number of anilines is 1. The molecular formula is C12H14ClN3. The molecule has 84 valence electrons. The molecule has 2 atom stereocenters. The van der Waals surface area contributed by atoms with Crippen molar-refractivity contribution < 1.29 is 0 Å². The normalized spacial score (nSPS) is 24.5. The summed E-state index contributed by atoms with van der Waals surface area (Å²) in [5, 5.41) is 9.31. The van der Waals surface area contributed by atoms with Gasteiger partial charge in [-0.2, -0.15) is 5.26 Å². The molecular weight excluding hydrogens is 222 g/mol. The molecule has 0 radical (unpaired) electrons. The highest BCUT2D eigenvalue weighted by Crippen LogP contribution is 2.28. The maximum Gasteiger partial charge on any atom is 0.101 e. The predicted octanol–water partition coefficient (Wildman–Crippen LogP) is 2.14. The van der Waals surface area contributed by atoms with Crippen LogP contribution in [0.5, 0.6) is 0 Å². The molecule has 0 unspecified atom stereocenters. The SMILES string of the molecule is C[C@H]1[C@H](N)CCN1c1ccc(C#N)c(Cl)c1. The van der Waals surface area contributed by atoms with Gasteiger partial charge >= 0.3 is 0 Å². The molecule has 0 aromatic heterocycles. The Labute approximate surface area is 100 Å². The molecule has 2 N–H and O–H groups in total. The number of nitrogens with two attached hydrogens (primary N) is 1. The minimum atomic E-state index is 0.217. The molecule has 3 nitrogen and oxygen atoms in total. The van der Waals surface area contributed by atoms with E-state index in [9.17, 15) is 0 Å². The fraction of sp³-hybridized carbons (Fsp3) is 0.417. The third-order valence-electron chi connectivity index (χ3n) is 3.22. The van der Waals surface area contributed by atoms with E-state index in [0.717, 1.165) is 18.7 Å². The second-order valence-corrected chi connectivity index (χ2v) is 4.57. The zero-order valence-electron chi connectivity index (χ0n) is 9.15. The average molecular weight is 236 g/mol. The summed E-state index contributed by atoms with van der Waals surface area (Å²) in [7, 11) is 0. The highest BCUT2D eigenvalue weighted by Gasteiger charge is 2.28. The van der Waals surface area contributed by atoms with Crippen LogP contribution in [0.4, 0.5) is 5.69 Å². The molecule has 1 fully saturated rings. The van der Waals surface area contributed by atoms with E-state index in [4.69, 9.17) is 22.6 Å². The maximum atomic E-state index is 8.80. The average Bonchev–Trinajstić information content (AvgIpc) is 2.60. The largest absolute Gasteiger partial charge is 0.367 e. The van der Waals surface area contributed by atoms with Gasteiger partial charge in [0.2, 0.25) is 0 Å². The van der Waals surface area contributed by atoms with Crippen LogP contribution in [0.2, 0.25) is 5.02 Å². The minimum absolute atomic E-state index is 0.217. The molecule has 0 bridgehead atoms. The molecule has 2 rings (SSSR count). The Kier molecular flexibility index (Phi) is 3.04. The Morgan fingerprint density at radius 2 is 2.31 bits per heavy atom. The summed E-state index contributed by atoms with van der Waals surface area (Å²) in [5.74, 6) is 0. The van der Waals surface area contributed by atoms with E-state index < -0.39 is 0 Å². The van der Waals surface area contributed by atoms with Crippen LogP contribution >= 0.6 is 11.6 Å². The lowest BCUT2D eigenvalue weighted by Gasteiger charge is -2.25. The van der Waals surface area contributed by atoms with E-state index in [1.807, 2.05) is 12.1 Å². The van der Waals surface area contributed by atoms with Gasteiger partial charge in [0.25, 0.3) is 0 Å². The van der Waals surface area contributed by atoms with Crippen LogP contribution in [0.3, 0.4) is 0 Å².